The molecule has 10 heteroatoms. The predicted molar refractivity (Wildman–Crippen MR) is 157 cm³/mol. The number of unbranched alkanes of at least 4 members (excludes halogenated alkanes) is 1. The molecule has 3 N–H and O–H groups in total. The average Bonchev–Trinajstić information content (AvgIpc) is 3.20. The van der Waals surface area contributed by atoms with E-state index in [-0.39, 0.29) is 44.9 Å². The van der Waals surface area contributed by atoms with Crippen molar-refractivity contribution in [1.82, 2.24) is 4.90 Å². The van der Waals surface area contributed by atoms with E-state index in [2.05, 4.69) is 0 Å². The van der Waals surface area contributed by atoms with E-state index < -0.39 is 40.7 Å². The molecule has 1 aliphatic rings. The van der Waals surface area contributed by atoms with Crippen LogP contribution in [0.5, 0.6) is 0 Å². The first kappa shape index (κ1) is 32.6. The van der Waals surface area contributed by atoms with Crippen LogP contribution in [0.4, 0.5) is 4.79 Å². The minimum atomic E-state index is -2.28. The van der Waals surface area contributed by atoms with Gasteiger partial charge in [-0.05, 0) is 83.1 Å². The maximum atomic E-state index is 13.1. The maximum absolute atomic E-state index is 13.1. The molecule has 10 nitrogen and oxygen atoms in total. The summed E-state index contributed by atoms with van der Waals surface area (Å²) in [5.74, 6) is -3.38. The molecule has 0 aliphatic heterocycles. The van der Waals surface area contributed by atoms with Gasteiger partial charge in [-0.15, -0.1) is 0 Å². The number of nitrogens with zero attached hydrogens (tertiary/aromatic N) is 1. The lowest BCUT2D eigenvalue weighted by atomic mass is 9.93. The third kappa shape index (κ3) is 8.31. The van der Waals surface area contributed by atoms with E-state index in [1.54, 1.807) is 41.5 Å². The van der Waals surface area contributed by atoms with Gasteiger partial charge >= 0.3 is 24.0 Å². The number of benzene rings is 2. The van der Waals surface area contributed by atoms with E-state index in [0.29, 0.717) is 0 Å². The van der Waals surface area contributed by atoms with Crippen molar-refractivity contribution < 1.29 is 38.5 Å². The highest BCUT2D eigenvalue weighted by Gasteiger charge is 2.44. The Morgan fingerprint density at radius 2 is 1.36 bits per heavy atom. The number of fused-ring (bicyclic) bond motifs is 3. The third-order valence-corrected chi connectivity index (χ3v) is 6.73. The van der Waals surface area contributed by atoms with Crippen molar-refractivity contribution in [1.29, 1.82) is 0 Å². The van der Waals surface area contributed by atoms with Crippen LogP contribution in [0, 0.1) is 0 Å². The summed E-state index contributed by atoms with van der Waals surface area (Å²) in [6, 6.07) is 15.6. The van der Waals surface area contributed by atoms with Gasteiger partial charge in [0.05, 0.1) is 0 Å². The molecule has 1 atom stereocenters. The summed E-state index contributed by atoms with van der Waals surface area (Å²) in [5, 5.41) is 9.89. The standard InChI is InChI=1S/C32H42N2O8/c1-30(2,3)41-26(35)19-34(29(39)42-31(4,5)6)18-12-11-17-32(33,27(36)37)28(38)40-20-25-23-15-9-7-13-21(23)22-14-8-10-16-24(22)25/h7-10,13-16,25H,11-12,17-20,33H2,1-6H3,(H,36,37)/t32-/m0/s1. The van der Waals surface area contributed by atoms with Crippen molar-refractivity contribution >= 4 is 24.0 Å². The zero-order chi connectivity index (χ0) is 31.3. The molecule has 1 amide bonds. The van der Waals surface area contributed by atoms with Crippen LogP contribution in [-0.2, 0) is 28.6 Å². The molecule has 228 valence electrons. The van der Waals surface area contributed by atoms with E-state index in [9.17, 15) is 24.3 Å². The first-order chi connectivity index (χ1) is 19.5. The summed E-state index contributed by atoms with van der Waals surface area (Å²) in [6.45, 7) is 9.96. The number of esters is 2. The van der Waals surface area contributed by atoms with E-state index >= 15 is 0 Å². The Labute approximate surface area is 247 Å². The lowest BCUT2D eigenvalue weighted by Gasteiger charge is -2.28. The van der Waals surface area contributed by atoms with Crippen LogP contribution < -0.4 is 5.73 Å². The maximum Gasteiger partial charge on any atom is 0.410 e. The van der Waals surface area contributed by atoms with Gasteiger partial charge in [0.15, 0.2) is 0 Å². The molecule has 0 fully saturated rings. The first-order valence-corrected chi connectivity index (χ1v) is 14.1. The van der Waals surface area contributed by atoms with Gasteiger partial charge in [-0.25, -0.2) is 14.4 Å². The number of carbonyl (C=O) groups is 4. The van der Waals surface area contributed by atoms with Crippen LogP contribution >= 0.6 is 0 Å². The number of carbonyl (C=O) groups excluding carboxylic acids is 3. The highest BCUT2D eigenvalue weighted by molar-refractivity contribution is 6.03. The normalized spacial score (nSPS) is 14.3. The van der Waals surface area contributed by atoms with Crippen molar-refractivity contribution in [3.63, 3.8) is 0 Å². The van der Waals surface area contributed by atoms with Crippen LogP contribution in [-0.4, -0.2) is 70.4 Å². The molecule has 0 spiro atoms. The fraction of sp³-hybridized carbons (Fsp3) is 0.500. The Kier molecular flexibility index (Phi) is 10.0. The Balaban J connectivity index is 1.63. The largest absolute Gasteiger partial charge is 0.479 e. The molecule has 0 saturated carbocycles. The van der Waals surface area contributed by atoms with Gasteiger partial charge in [0, 0.05) is 12.5 Å². The van der Waals surface area contributed by atoms with E-state index in [1.165, 1.54) is 4.90 Å². The molecule has 0 unspecified atom stereocenters. The van der Waals surface area contributed by atoms with Gasteiger partial charge < -0.3 is 25.1 Å². The van der Waals surface area contributed by atoms with Crippen LogP contribution in [0.2, 0.25) is 0 Å². The van der Waals surface area contributed by atoms with E-state index in [1.807, 2.05) is 48.5 Å². The van der Waals surface area contributed by atoms with Crippen molar-refractivity contribution in [2.75, 3.05) is 19.7 Å². The van der Waals surface area contributed by atoms with Gasteiger partial charge in [-0.2, -0.15) is 0 Å². The van der Waals surface area contributed by atoms with Gasteiger partial charge in [-0.1, -0.05) is 48.5 Å². The number of amides is 1. The lowest BCUT2D eigenvalue weighted by molar-refractivity contribution is -0.161. The van der Waals surface area contributed by atoms with Crippen LogP contribution in [0.3, 0.4) is 0 Å². The molecule has 0 bridgehead atoms. The monoisotopic (exact) mass is 582 g/mol. The number of nitrogens with two attached hydrogens (primary N) is 1. The van der Waals surface area contributed by atoms with Crippen molar-refractivity contribution in [2.45, 2.75) is 83.5 Å². The van der Waals surface area contributed by atoms with Gasteiger partial charge in [-0.3, -0.25) is 9.69 Å². The number of hydrogen-bond donors (Lipinski definition) is 2. The Bertz CT molecular complexity index is 1260. The molecule has 42 heavy (non-hydrogen) atoms. The number of hydrogen-bond acceptors (Lipinski definition) is 8. The Morgan fingerprint density at radius 3 is 1.86 bits per heavy atom. The van der Waals surface area contributed by atoms with Gasteiger partial charge in [0.2, 0.25) is 5.54 Å². The predicted octanol–water partition coefficient (Wildman–Crippen LogP) is 4.87. The van der Waals surface area contributed by atoms with Gasteiger partial charge in [0.1, 0.15) is 24.4 Å². The van der Waals surface area contributed by atoms with Gasteiger partial charge in [0.25, 0.3) is 0 Å². The van der Waals surface area contributed by atoms with Crippen LogP contribution in [0.1, 0.15) is 77.8 Å². The third-order valence-electron chi connectivity index (χ3n) is 6.73. The summed E-state index contributed by atoms with van der Waals surface area (Å²) in [6.07, 6.45) is -0.513. The molecule has 2 aromatic rings. The minimum absolute atomic E-state index is 0.0542. The summed E-state index contributed by atoms with van der Waals surface area (Å²) in [5.41, 5.74) is 6.40. The molecule has 3 rings (SSSR count). The zero-order valence-electron chi connectivity index (χ0n) is 25.3. The second-order valence-corrected chi connectivity index (χ2v) is 12.5. The number of aliphatic carboxylic acids is 1. The average molecular weight is 583 g/mol. The molecule has 0 saturated heterocycles. The molecule has 0 aromatic heterocycles. The topological polar surface area (TPSA) is 145 Å². The van der Waals surface area contributed by atoms with Crippen molar-refractivity contribution in [3.05, 3.63) is 59.7 Å². The molecule has 0 heterocycles. The molecule has 0 radical (unpaired) electrons. The molecule has 2 aromatic carbocycles. The number of rotatable bonds is 11. The highest BCUT2D eigenvalue weighted by Crippen LogP contribution is 2.44. The quantitative estimate of drug-likeness (QED) is 0.164. The fourth-order valence-electron chi connectivity index (χ4n) is 4.82. The van der Waals surface area contributed by atoms with Crippen molar-refractivity contribution in [3.8, 4) is 11.1 Å². The van der Waals surface area contributed by atoms with E-state index in [4.69, 9.17) is 19.9 Å². The first-order valence-electron chi connectivity index (χ1n) is 14.1. The zero-order valence-corrected chi connectivity index (χ0v) is 25.3. The number of ether oxygens (including phenoxy) is 3. The molecular formula is C32H42N2O8. The highest BCUT2D eigenvalue weighted by atomic mass is 16.6. The summed E-state index contributed by atoms with van der Waals surface area (Å²) in [7, 11) is 0. The van der Waals surface area contributed by atoms with Crippen molar-refractivity contribution in [2.24, 2.45) is 5.73 Å². The molecule has 1 aliphatic carbocycles. The lowest BCUT2D eigenvalue weighted by Crippen LogP contribution is -2.56. The second kappa shape index (κ2) is 12.9. The van der Waals surface area contributed by atoms with Crippen LogP contribution in [0.25, 0.3) is 11.1 Å². The summed E-state index contributed by atoms with van der Waals surface area (Å²) in [4.78, 5) is 51.6. The smallest absolute Gasteiger partial charge is 0.410 e. The number of carboxylic acids is 1. The minimum Gasteiger partial charge on any atom is -0.479 e. The Morgan fingerprint density at radius 1 is 0.833 bits per heavy atom. The van der Waals surface area contributed by atoms with E-state index in [0.717, 1.165) is 22.3 Å². The van der Waals surface area contributed by atoms with Crippen LogP contribution in [0.15, 0.2) is 48.5 Å². The fourth-order valence-corrected chi connectivity index (χ4v) is 4.82. The summed E-state index contributed by atoms with van der Waals surface area (Å²) < 4.78 is 16.3. The SMILES string of the molecule is CC(C)(C)OC(=O)CN(CCCC[C@](N)(C(=O)O)C(=O)OCC1c2ccccc2-c2ccccc21)C(=O)OC(C)(C)C. The second-order valence-electron chi connectivity index (χ2n) is 12.5. The Hall–Kier alpha value is -3.92. The number of carboxylic acid groups (broad SMARTS) is 1. The molecular weight excluding hydrogens is 540 g/mol. The summed E-state index contributed by atoms with van der Waals surface area (Å²) >= 11 is 0.